The van der Waals surface area contributed by atoms with Crippen LogP contribution in [0.2, 0.25) is 0 Å². The van der Waals surface area contributed by atoms with Gasteiger partial charge in [-0.25, -0.2) is 0 Å². The van der Waals surface area contributed by atoms with Crippen molar-refractivity contribution in [1.29, 1.82) is 0 Å². The first-order chi connectivity index (χ1) is 6.65. The maximum absolute atomic E-state index is 10.3. The second-order valence-corrected chi connectivity index (χ2v) is 4.86. The molecule has 1 saturated carbocycles. The lowest BCUT2D eigenvalue weighted by Crippen LogP contribution is -2.34. The van der Waals surface area contributed by atoms with Gasteiger partial charge in [0.05, 0.1) is 6.10 Å². The number of hydrogen-bond donors (Lipinski definition) is 0. The molecule has 0 saturated heterocycles. The number of hydrogen-bond acceptors (Lipinski definition) is 2. The second kappa shape index (κ2) is 5.50. The quantitative estimate of drug-likeness (QED) is 0.649. The van der Waals surface area contributed by atoms with E-state index in [0.717, 1.165) is 18.6 Å². The van der Waals surface area contributed by atoms with Gasteiger partial charge in [-0.05, 0) is 30.6 Å². The molecule has 0 amide bonds. The fourth-order valence-electron chi connectivity index (χ4n) is 2.47. The van der Waals surface area contributed by atoms with E-state index in [1.165, 1.54) is 12.8 Å². The van der Waals surface area contributed by atoms with Crippen LogP contribution in [0.3, 0.4) is 0 Å². The Labute approximate surface area is 87.0 Å². The molecule has 0 aromatic heterocycles. The summed E-state index contributed by atoms with van der Waals surface area (Å²) in [6, 6.07) is 0. The van der Waals surface area contributed by atoms with Crippen molar-refractivity contribution in [3.05, 3.63) is 0 Å². The molecule has 0 aliphatic heterocycles. The Morgan fingerprint density at radius 2 is 2.14 bits per heavy atom. The summed E-state index contributed by atoms with van der Waals surface area (Å²) in [7, 11) is 0. The highest BCUT2D eigenvalue weighted by molar-refractivity contribution is 5.50. The Bertz CT molecular complexity index is 177. The van der Waals surface area contributed by atoms with Crippen molar-refractivity contribution in [3.8, 4) is 0 Å². The van der Waals surface area contributed by atoms with Crippen molar-refractivity contribution in [2.75, 3.05) is 6.61 Å². The second-order valence-electron chi connectivity index (χ2n) is 4.86. The number of rotatable bonds is 4. The highest BCUT2D eigenvalue weighted by Crippen LogP contribution is 2.35. The Morgan fingerprint density at radius 1 is 1.43 bits per heavy atom. The summed E-state index contributed by atoms with van der Waals surface area (Å²) in [6.07, 6.45) is 4.85. The van der Waals surface area contributed by atoms with Gasteiger partial charge in [0.1, 0.15) is 12.9 Å². The number of carbonyl (C=O) groups is 1. The van der Waals surface area contributed by atoms with Gasteiger partial charge in [0.2, 0.25) is 0 Å². The normalized spacial score (nSPS) is 33.3. The Morgan fingerprint density at radius 3 is 2.71 bits per heavy atom. The van der Waals surface area contributed by atoms with E-state index in [1.54, 1.807) is 0 Å². The first-order valence-electron chi connectivity index (χ1n) is 5.70. The number of carbonyl (C=O) groups excluding carboxylic acids is 1. The van der Waals surface area contributed by atoms with E-state index >= 15 is 0 Å². The Balaban J connectivity index is 2.49. The third-order valence-corrected chi connectivity index (χ3v) is 3.34. The zero-order valence-electron chi connectivity index (χ0n) is 9.53. The Kier molecular flexibility index (Phi) is 4.59. The number of ether oxygens (including phenoxy) is 1. The first-order valence-corrected chi connectivity index (χ1v) is 5.70. The third-order valence-electron chi connectivity index (χ3n) is 3.34. The lowest BCUT2D eigenvalue weighted by Gasteiger charge is -2.36. The molecule has 0 heterocycles. The average molecular weight is 198 g/mol. The van der Waals surface area contributed by atoms with Crippen molar-refractivity contribution in [3.63, 3.8) is 0 Å². The molecule has 0 bridgehead atoms. The van der Waals surface area contributed by atoms with Crippen molar-refractivity contribution in [2.45, 2.75) is 46.1 Å². The lowest BCUT2D eigenvalue weighted by molar-refractivity contribution is -0.117. The monoisotopic (exact) mass is 198 g/mol. The summed E-state index contributed by atoms with van der Waals surface area (Å²) in [5.74, 6) is 2.06. The predicted octanol–water partition coefficient (Wildman–Crippen LogP) is 2.66. The van der Waals surface area contributed by atoms with E-state index in [4.69, 9.17) is 4.74 Å². The molecule has 0 aromatic carbocycles. The number of aldehydes is 1. The van der Waals surface area contributed by atoms with Gasteiger partial charge in [-0.15, -0.1) is 0 Å². The molecule has 0 spiro atoms. The minimum absolute atomic E-state index is 0.264. The zero-order valence-corrected chi connectivity index (χ0v) is 9.53. The highest BCUT2D eigenvalue weighted by atomic mass is 16.5. The van der Waals surface area contributed by atoms with E-state index in [-0.39, 0.29) is 6.61 Å². The molecule has 1 aliphatic rings. The maximum atomic E-state index is 10.3. The maximum Gasteiger partial charge on any atom is 0.145 e. The average Bonchev–Trinajstić information content (AvgIpc) is 2.14. The molecule has 2 heteroatoms. The lowest BCUT2D eigenvalue weighted by atomic mass is 9.75. The fraction of sp³-hybridized carbons (Fsp3) is 0.917. The van der Waals surface area contributed by atoms with Crippen molar-refractivity contribution in [1.82, 2.24) is 0 Å². The summed E-state index contributed by atoms with van der Waals surface area (Å²) in [5, 5.41) is 0. The largest absolute Gasteiger partial charge is 0.370 e. The molecule has 0 N–H and O–H groups in total. The van der Waals surface area contributed by atoms with Crippen molar-refractivity contribution >= 4 is 6.29 Å². The van der Waals surface area contributed by atoms with Crippen LogP contribution in [0.15, 0.2) is 0 Å². The molecule has 1 aliphatic carbocycles. The van der Waals surface area contributed by atoms with Crippen LogP contribution >= 0.6 is 0 Å². The van der Waals surface area contributed by atoms with E-state index in [0.29, 0.717) is 17.9 Å². The molecule has 1 fully saturated rings. The molecule has 14 heavy (non-hydrogen) atoms. The van der Waals surface area contributed by atoms with Crippen LogP contribution in [-0.2, 0) is 9.53 Å². The molecular weight excluding hydrogens is 176 g/mol. The van der Waals surface area contributed by atoms with Crippen LogP contribution in [0.5, 0.6) is 0 Å². The highest BCUT2D eigenvalue weighted by Gasteiger charge is 2.30. The van der Waals surface area contributed by atoms with Gasteiger partial charge in [0, 0.05) is 0 Å². The van der Waals surface area contributed by atoms with Gasteiger partial charge in [0.15, 0.2) is 0 Å². The summed E-state index contributed by atoms with van der Waals surface area (Å²) >= 11 is 0. The van der Waals surface area contributed by atoms with Gasteiger partial charge in [0.25, 0.3) is 0 Å². The predicted molar refractivity (Wildman–Crippen MR) is 57.1 cm³/mol. The van der Waals surface area contributed by atoms with Crippen molar-refractivity contribution < 1.29 is 9.53 Å². The van der Waals surface area contributed by atoms with Crippen LogP contribution in [0.1, 0.15) is 40.0 Å². The molecule has 1 rings (SSSR count). The smallest absolute Gasteiger partial charge is 0.145 e. The van der Waals surface area contributed by atoms with Gasteiger partial charge < -0.3 is 9.53 Å². The van der Waals surface area contributed by atoms with Crippen molar-refractivity contribution in [2.24, 2.45) is 17.8 Å². The molecule has 3 atom stereocenters. The van der Waals surface area contributed by atoms with Crippen LogP contribution in [0, 0.1) is 17.8 Å². The van der Waals surface area contributed by atoms with Crippen LogP contribution in [0.4, 0.5) is 0 Å². The van der Waals surface area contributed by atoms with Crippen LogP contribution in [-0.4, -0.2) is 19.0 Å². The van der Waals surface area contributed by atoms with E-state index in [9.17, 15) is 4.79 Å². The van der Waals surface area contributed by atoms with Gasteiger partial charge >= 0.3 is 0 Å². The molecule has 0 aromatic rings. The zero-order chi connectivity index (χ0) is 10.6. The molecule has 3 unspecified atom stereocenters. The molecule has 82 valence electrons. The standard InChI is InChI=1S/C12H22O2/c1-9(2)11-5-4-10(3)8-12(11)14-7-6-13/h6,9-12H,4-5,7-8H2,1-3H3. The van der Waals surface area contributed by atoms with Gasteiger partial charge in [-0.2, -0.15) is 0 Å². The van der Waals surface area contributed by atoms with Gasteiger partial charge in [-0.1, -0.05) is 27.2 Å². The molecule has 2 nitrogen and oxygen atoms in total. The topological polar surface area (TPSA) is 26.3 Å². The van der Waals surface area contributed by atoms with E-state index < -0.39 is 0 Å². The summed E-state index contributed by atoms with van der Waals surface area (Å²) in [5.41, 5.74) is 0. The minimum Gasteiger partial charge on any atom is -0.370 e. The summed E-state index contributed by atoms with van der Waals surface area (Å²) in [6.45, 7) is 7.03. The fourth-order valence-corrected chi connectivity index (χ4v) is 2.47. The Hall–Kier alpha value is -0.370. The van der Waals surface area contributed by atoms with Crippen LogP contribution in [0.25, 0.3) is 0 Å². The van der Waals surface area contributed by atoms with Crippen LogP contribution < -0.4 is 0 Å². The SMILES string of the molecule is CC1CCC(C(C)C)C(OCC=O)C1. The van der Waals surface area contributed by atoms with E-state index in [2.05, 4.69) is 20.8 Å². The molecular formula is C12H22O2. The third kappa shape index (κ3) is 3.09. The molecule has 0 radical (unpaired) electrons. The van der Waals surface area contributed by atoms with E-state index in [1.807, 2.05) is 0 Å². The summed E-state index contributed by atoms with van der Waals surface area (Å²) < 4.78 is 5.61. The first kappa shape index (κ1) is 11.7. The van der Waals surface area contributed by atoms with Gasteiger partial charge in [-0.3, -0.25) is 0 Å². The summed E-state index contributed by atoms with van der Waals surface area (Å²) in [4.78, 5) is 10.3. The minimum atomic E-state index is 0.264.